The third-order valence-corrected chi connectivity index (χ3v) is 12.3. The van der Waals surface area contributed by atoms with Crippen LogP contribution >= 0.6 is 0 Å². The highest BCUT2D eigenvalue weighted by molar-refractivity contribution is 5.96. The fraction of sp³-hybridized carbons (Fsp3) is 0.529. The van der Waals surface area contributed by atoms with E-state index < -0.39 is 113 Å². The maximum atomic E-state index is 14.3. The Balaban J connectivity index is 2.13. The van der Waals surface area contributed by atoms with Gasteiger partial charge < -0.3 is 44.7 Å². The van der Waals surface area contributed by atoms with Crippen LogP contribution in [0, 0.1) is 27.9 Å². The van der Waals surface area contributed by atoms with Crippen LogP contribution in [-0.4, -0.2) is 125 Å². The number of carbonyl (C=O) groups is 8. The average molecular weight is 991 g/mol. The normalized spacial score (nSPS) is 25.7. The van der Waals surface area contributed by atoms with Crippen LogP contribution in [0.25, 0.3) is 0 Å². The molecule has 0 saturated carbocycles. The van der Waals surface area contributed by atoms with E-state index in [9.17, 15) is 48.5 Å². The van der Waals surface area contributed by atoms with E-state index in [-0.39, 0.29) is 42.2 Å². The number of non-ortho nitro benzene ring substituents is 1. The largest absolute Gasteiger partial charge is 0.514 e. The Morgan fingerprint density at radius 1 is 0.887 bits per heavy atom. The lowest BCUT2D eigenvalue weighted by Crippen LogP contribution is -2.57. The van der Waals surface area contributed by atoms with Gasteiger partial charge in [0.05, 0.1) is 11.5 Å². The molecule has 20 heteroatoms. The van der Waals surface area contributed by atoms with Gasteiger partial charge in [-0.2, -0.15) is 0 Å². The first-order chi connectivity index (χ1) is 33.4. The van der Waals surface area contributed by atoms with Gasteiger partial charge in [0.1, 0.15) is 42.1 Å². The standard InChI is InChI=1S/C51H70N6O14/c1-13-30(5)43-46(60)53-35(10)50(64)71-44(31(6)14-2)33(8)40(70-51(65)68-38-23-21-37(22-24-38)57(66)67)25-20-32(7)49(63)69-41(26-29(3)4)45(59)52-34(9)47(61)56(12)39(27-36-18-16-15-17-19-36)48(62)55(11)28-42(58)54-43/h14-24,29-30,33-35,39-41,43-44H,13,25-28H2,1-12H3,(H,52,59)(H,53,60)(H,54,58)/b31-14+,32-20+/t30-,33+,34+,35-,39-,40+,41-,43+,44-/m1/s1. The molecule has 1 heterocycles. The molecular weight excluding hydrogens is 921 g/mol. The maximum absolute atomic E-state index is 14.3. The van der Waals surface area contributed by atoms with E-state index in [2.05, 4.69) is 16.0 Å². The number of nitrogens with one attached hydrogen (secondary N) is 3. The zero-order valence-corrected chi connectivity index (χ0v) is 42.7. The molecule has 388 valence electrons. The number of hydrogen-bond acceptors (Lipinski definition) is 14. The zero-order chi connectivity index (χ0) is 53.3. The number of carbonyl (C=O) groups excluding carboxylic acids is 8. The molecule has 0 saturated heterocycles. The number of likely N-dealkylation sites (N-methyl/N-ethyl adjacent to an activating group) is 2. The van der Waals surface area contributed by atoms with Crippen LogP contribution in [-0.2, 0) is 54.2 Å². The Morgan fingerprint density at radius 2 is 1.51 bits per heavy atom. The molecule has 20 nitrogen and oxygen atoms in total. The van der Waals surface area contributed by atoms with E-state index in [1.807, 2.05) is 20.8 Å². The minimum atomic E-state index is -1.37. The molecule has 0 aromatic heterocycles. The Hall–Kier alpha value is -7.12. The van der Waals surface area contributed by atoms with Gasteiger partial charge in [-0.1, -0.05) is 83.5 Å². The number of nitro benzene ring substituents is 1. The van der Waals surface area contributed by atoms with E-state index in [4.69, 9.17) is 18.9 Å². The monoisotopic (exact) mass is 990 g/mol. The summed E-state index contributed by atoms with van der Waals surface area (Å²) in [5.41, 5.74) is 0.979. The van der Waals surface area contributed by atoms with Gasteiger partial charge in [-0.25, -0.2) is 14.4 Å². The third kappa shape index (κ3) is 17.4. The Kier molecular flexibility index (Phi) is 22.4. The van der Waals surface area contributed by atoms with Crippen LogP contribution in [0.4, 0.5) is 10.5 Å². The lowest BCUT2D eigenvalue weighted by atomic mass is 9.90. The summed E-state index contributed by atoms with van der Waals surface area (Å²) in [7, 11) is 2.79. The quantitative estimate of drug-likeness (QED) is 0.0676. The van der Waals surface area contributed by atoms with E-state index in [0.29, 0.717) is 17.6 Å². The number of ether oxygens (including phenoxy) is 4. The van der Waals surface area contributed by atoms with Crippen molar-refractivity contribution in [3.63, 3.8) is 0 Å². The van der Waals surface area contributed by atoms with Gasteiger partial charge in [0.2, 0.25) is 23.6 Å². The molecule has 5 amide bonds. The Morgan fingerprint density at radius 3 is 2.08 bits per heavy atom. The molecule has 2 aromatic carbocycles. The van der Waals surface area contributed by atoms with Gasteiger partial charge in [0.15, 0.2) is 6.10 Å². The van der Waals surface area contributed by atoms with Gasteiger partial charge in [0, 0.05) is 50.6 Å². The molecule has 71 heavy (non-hydrogen) atoms. The highest BCUT2D eigenvalue weighted by Crippen LogP contribution is 2.27. The molecular formula is C51H70N6O14. The van der Waals surface area contributed by atoms with Crippen molar-refractivity contribution >= 4 is 53.3 Å². The first-order valence-electron chi connectivity index (χ1n) is 23.7. The summed E-state index contributed by atoms with van der Waals surface area (Å²) in [6, 6.07) is 8.76. The van der Waals surface area contributed by atoms with Crippen molar-refractivity contribution in [1.82, 2.24) is 25.8 Å². The van der Waals surface area contributed by atoms with E-state index in [1.54, 1.807) is 64.1 Å². The smallest absolute Gasteiger partial charge is 0.456 e. The van der Waals surface area contributed by atoms with E-state index >= 15 is 0 Å². The van der Waals surface area contributed by atoms with Gasteiger partial charge in [-0.15, -0.1) is 0 Å². The maximum Gasteiger partial charge on any atom is 0.514 e. The fourth-order valence-electron chi connectivity index (χ4n) is 7.57. The molecule has 0 fully saturated rings. The van der Waals surface area contributed by atoms with Gasteiger partial charge in [-0.05, 0) is 76.1 Å². The summed E-state index contributed by atoms with van der Waals surface area (Å²) >= 11 is 0. The number of cyclic esters (lactones) is 2. The molecule has 1 aliphatic heterocycles. The summed E-state index contributed by atoms with van der Waals surface area (Å²) in [5.74, 6) is -6.80. The minimum absolute atomic E-state index is 0.00312. The number of nitro groups is 1. The number of benzene rings is 2. The van der Waals surface area contributed by atoms with Crippen molar-refractivity contribution < 1.29 is 62.2 Å². The number of nitrogens with zero attached hydrogens (tertiary/aromatic N) is 3. The minimum Gasteiger partial charge on any atom is -0.456 e. The first-order valence-corrected chi connectivity index (χ1v) is 23.7. The van der Waals surface area contributed by atoms with E-state index in [1.165, 1.54) is 58.0 Å². The predicted molar refractivity (Wildman–Crippen MR) is 261 cm³/mol. The second-order valence-electron chi connectivity index (χ2n) is 18.4. The topological polar surface area (TPSA) is 259 Å². The molecule has 9 atom stereocenters. The highest BCUT2D eigenvalue weighted by Gasteiger charge is 2.38. The van der Waals surface area contributed by atoms with Crippen molar-refractivity contribution in [2.75, 3.05) is 20.6 Å². The zero-order valence-electron chi connectivity index (χ0n) is 42.7. The van der Waals surface area contributed by atoms with Crippen LogP contribution in [0.1, 0.15) is 94.1 Å². The molecule has 3 rings (SSSR count). The van der Waals surface area contributed by atoms with Crippen LogP contribution < -0.4 is 20.7 Å². The molecule has 0 aliphatic carbocycles. The summed E-state index contributed by atoms with van der Waals surface area (Å²) in [6.45, 7) is 15.9. The first kappa shape index (κ1) is 58.2. The second-order valence-corrected chi connectivity index (χ2v) is 18.4. The number of hydrogen-bond donors (Lipinski definition) is 3. The fourth-order valence-corrected chi connectivity index (χ4v) is 7.57. The molecule has 0 radical (unpaired) electrons. The average Bonchev–Trinajstić information content (AvgIpc) is 3.33. The number of rotatable bonds is 10. The van der Waals surface area contributed by atoms with Gasteiger partial charge in [-0.3, -0.25) is 34.1 Å². The molecule has 3 N–H and O–H groups in total. The van der Waals surface area contributed by atoms with Crippen molar-refractivity contribution in [3.8, 4) is 5.75 Å². The number of amides is 5. The number of allylic oxidation sites excluding steroid dienone is 1. The molecule has 1 aliphatic rings. The van der Waals surface area contributed by atoms with Crippen molar-refractivity contribution in [2.24, 2.45) is 17.8 Å². The van der Waals surface area contributed by atoms with Gasteiger partial charge >= 0.3 is 18.1 Å². The van der Waals surface area contributed by atoms with Crippen LogP contribution in [0.5, 0.6) is 5.75 Å². The molecule has 0 unspecified atom stereocenters. The van der Waals surface area contributed by atoms with Crippen LogP contribution in [0.3, 0.4) is 0 Å². The summed E-state index contributed by atoms with van der Waals surface area (Å²) in [6.07, 6.45) is -1.46. The van der Waals surface area contributed by atoms with Crippen LogP contribution in [0.15, 0.2) is 77.9 Å². The highest BCUT2D eigenvalue weighted by atomic mass is 16.7. The third-order valence-electron chi connectivity index (χ3n) is 12.3. The Labute approximate surface area is 415 Å². The van der Waals surface area contributed by atoms with Gasteiger partial charge in [0.25, 0.3) is 11.6 Å². The second kappa shape index (κ2) is 27.3. The lowest BCUT2D eigenvalue weighted by Gasteiger charge is -2.33. The predicted octanol–water partition coefficient (Wildman–Crippen LogP) is 5.37. The number of esters is 2. The molecule has 0 bridgehead atoms. The molecule has 0 spiro atoms. The van der Waals surface area contributed by atoms with Crippen molar-refractivity contribution in [1.29, 1.82) is 0 Å². The van der Waals surface area contributed by atoms with Crippen LogP contribution in [0.2, 0.25) is 0 Å². The van der Waals surface area contributed by atoms with Crippen molar-refractivity contribution in [2.45, 2.75) is 137 Å². The van der Waals surface area contributed by atoms with Crippen molar-refractivity contribution in [3.05, 3.63) is 93.6 Å². The summed E-state index contributed by atoms with van der Waals surface area (Å²) < 4.78 is 22.9. The molecule has 2 aromatic rings. The lowest BCUT2D eigenvalue weighted by molar-refractivity contribution is -0.384. The van der Waals surface area contributed by atoms with E-state index in [0.717, 1.165) is 17.0 Å². The summed E-state index contributed by atoms with van der Waals surface area (Å²) in [4.78, 5) is 124. The summed E-state index contributed by atoms with van der Waals surface area (Å²) in [5, 5.41) is 19.2. The SMILES string of the molecule is C/C=C(\C)[C@H]1OC(=O)[C@@H](C)NC(=O)[C@H]([C@H](C)CC)NC(=O)CN(C)C(=O)[C@@H](Cc2ccccc2)N(C)C(=O)[C@H](C)NC(=O)[C@@H](CC(C)C)OC(=O)/C(C)=C/C[C@H](OC(=O)Oc2ccc([N+](=O)[O-])cc2)[C@@H]1C. The Bertz CT molecular complexity index is 2280.